The Morgan fingerprint density at radius 2 is 2.00 bits per heavy atom. The first-order valence-electron chi connectivity index (χ1n) is 7.34. The van der Waals surface area contributed by atoms with Gasteiger partial charge in [0.1, 0.15) is 0 Å². The Morgan fingerprint density at radius 3 is 2.70 bits per heavy atom. The van der Waals surface area contributed by atoms with E-state index in [1.165, 1.54) is 19.3 Å². The molecule has 110 valence electrons. The molecule has 1 unspecified atom stereocenters. The predicted octanol–water partition coefficient (Wildman–Crippen LogP) is 3.26. The minimum Gasteiger partial charge on any atom is -0.395 e. The third-order valence-electron chi connectivity index (χ3n) is 4.00. The third-order valence-corrected chi connectivity index (χ3v) is 4.53. The first-order chi connectivity index (χ1) is 9.70. The molecule has 1 fully saturated rings. The second kappa shape index (κ2) is 7.91. The molecule has 1 aromatic rings. The summed E-state index contributed by atoms with van der Waals surface area (Å²) in [6, 6.07) is 7.75. The highest BCUT2D eigenvalue weighted by Crippen LogP contribution is 2.18. The summed E-state index contributed by atoms with van der Waals surface area (Å²) in [5, 5.41) is 9.47. The van der Waals surface area contributed by atoms with E-state index in [-0.39, 0.29) is 18.4 Å². The van der Waals surface area contributed by atoms with E-state index >= 15 is 0 Å². The van der Waals surface area contributed by atoms with Gasteiger partial charge in [0.2, 0.25) is 0 Å². The maximum absolute atomic E-state index is 12.2. The van der Waals surface area contributed by atoms with Crippen LogP contribution in [0.3, 0.4) is 0 Å². The molecule has 0 bridgehead atoms. The topological polar surface area (TPSA) is 40.5 Å². The number of aliphatic hydroxyl groups excluding tert-OH is 1. The fourth-order valence-electron chi connectivity index (χ4n) is 2.76. The van der Waals surface area contributed by atoms with Gasteiger partial charge < -0.3 is 5.11 Å². The second-order valence-electron chi connectivity index (χ2n) is 5.40. The average Bonchev–Trinajstić information content (AvgIpc) is 2.70. The smallest absolute Gasteiger partial charge is 0.164 e. The molecule has 0 aliphatic carbocycles. The number of hydrogen-bond acceptors (Lipinski definition) is 3. The normalized spacial score (nSPS) is 20.6. The zero-order valence-electron chi connectivity index (χ0n) is 11.7. The van der Waals surface area contributed by atoms with Crippen molar-refractivity contribution in [1.82, 2.24) is 4.90 Å². The van der Waals surface area contributed by atoms with Crippen LogP contribution in [0.5, 0.6) is 0 Å². The Morgan fingerprint density at radius 1 is 1.25 bits per heavy atom. The number of ketones is 1. The van der Waals surface area contributed by atoms with Crippen molar-refractivity contribution in [3.05, 3.63) is 34.3 Å². The number of nitrogens with zero attached hydrogens (tertiary/aromatic N) is 1. The first kappa shape index (κ1) is 15.7. The molecule has 2 rings (SSSR count). The zero-order chi connectivity index (χ0) is 14.4. The molecular formula is C16H22BrNO2. The maximum atomic E-state index is 12.2. The van der Waals surface area contributed by atoms with Crippen LogP contribution in [0.1, 0.15) is 42.5 Å². The molecule has 1 aromatic carbocycles. The summed E-state index contributed by atoms with van der Waals surface area (Å²) >= 11 is 3.37. The van der Waals surface area contributed by atoms with E-state index in [0.29, 0.717) is 6.42 Å². The van der Waals surface area contributed by atoms with Crippen molar-refractivity contribution < 1.29 is 9.90 Å². The number of Topliss-reactive ketones (excluding diaryl/α,β-unsaturated/α-hetero) is 1. The SMILES string of the molecule is O=C(CCN1CCCCCC1CO)c1ccc(Br)cc1. The van der Waals surface area contributed by atoms with Gasteiger partial charge in [-0.3, -0.25) is 9.69 Å². The molecule has 1 aliphatic rings. The molecule has 0 radical (unpaired) electrons. The average molecular weight is 340 g/mol. The largest absolute Gasteiger partial charge is 0.395 e. The van der Waals surface area contributed by atoms with E-state index in [4.69, 9.17) is 0 Å². The molecule has 1 N–H and O–H groups in total. The van der Waals surface area contributed by atoms with Crippen molar-refractivity contribution in [3.8, 4) is 0 Å². The molecule has 0 saturated carbocycles. The summed E-state index contributed by atoms with van der Waals surface area (Å²) in [7, 11) is 0. The highest BCUT2D eigenvalue weighted by Gasteiger charge is 2.20. The zero-order valence-corrected chi connectivity index (χ0v) is 13.3. The van der Waals surface area contributed by atoms with Gasteiger partial charge in [-0.25, -0.2) is 0 Å². The molecule has 0 aromatic heterocycles. The van der Waals surface area contributed by atoms with Gasteiger partial charge in [-0.15, -0.1) is 0 Å². The number of halogens is 1. The third kappa shape index (κ3) is 4.40. The van der Waals surface area contributed by atoms with Crippen molar-refractivity contribution in [3.63, 3.8) is 0 Å². The van der Waals surface area contributed by atoms with Gasteiger partial charge in [-0.2, -0.15) is 0 Å². The van der Waals surface area contributed by atoms with Crippen molar-refractivity contribution in [2.45, 2.75) is 38.1 Å². The van der Waals surface area contributed by atoms with Crippen LogP contribution in [0, 0.1) is 0 Å². The number of benzene rings is 1. The molecule has 1 aliphatic heterocycles. The van der Waals surface area contributed by atoms with Crippen LogP contribution in [0.15, 0.2) is 28.7 Å². The molecule has 0 amide bonds. The second-order valence-corrected chi connectivity index (χ2v) is 6.32. The van der Waals surface area contributed by atoms with Crippen molar-refractivity contribution in [2.75, 3.05) is 19.7 Å². The van der Waals surface area contributed by atoms with Crippen LogP contribution in [-0.2, 0) is 0 Å². The maximum Gasteiger partial charge on any atom is 0.164 e. The lowest BCUT2D eigenvalue weighted by Crippen LogP contribution is -2.38. The van der Waals surface area contributed by atoms with Crippen LogP contribution in [0.2, 0.25) is 0 Å². The fourth-order valence-corrected chi connectivity index (χ4v) is 3.03. The van der Waals surface area contributed by atoms with Gasteiger partial charge in [0.05, 0.1) is 6.61 Å². The van der Waals surface area contributed by atoms with Gasteiger partial charge in [-0.1, -0.05) is 40.9 Å². The molecule has 4 heteroatoms. The Hall–Kier alpha value is -0.710. The molecular weight excluding hydrogens is 318 g/mol. The minimum absolute atomic E-state index is 0.179. The van der Waals surface area contributed by atoms with E-state index in [1.807, 2.05) is 24.3 Å². The Balaban J connectivity index is 1.89. The van der Waals surface area contributed by atoms with Gasteiger partial charge >= 0.3 is 0 Å². The van der Waals surface area contributed by atoms with E-state index in [2.05, 4.69) is 20.8 Å². The summed E-state index contributed by atoms with van der Waals surface area (Å²) in [6.07, 6.45) is 5.15. The number of rotatable bonds is 5. The molecule has 20 heavy (non-hydrogen) atoms. The molecule has 1 heterocycles. The van der Waals surface area contributed by atoms with E-state index in [9.17, 15) is 9.90 Å². The Bertz CT molecular complexity index is 433. The van der Waals surface area contributed by atoms with Crippen molar-refractivity contribution >= 4 is 21.7 Å². The van der Waals surface area contributed by atoms with E-state index < -0.39 is 0 Å². The molecule has 1 saturated heterocycles. The number of carbonyl (C=O) groups is 1. The molecule has 0 spiro atoms. The van der Waals surface area contributed by atoms with Gasteiger partial charge in [0.15, 0.2) is 5.78 Å². The highest BCUT2D eigenvalue weighted by atomic mass is 79.9. The number of hydrogen-bond donors (Lipinski definition) is 1. The summed E-state index contributed by atoms with van der Waals surface area (Å²) in [4.78, 5) is 14.5. The van der Waals surface area contributed by atoms with E-state index in [0.717, 1.165) is 29.5 Å². The molecule has 3 nitrogen and oxygen atoms in total. The molecule has 1 atom stereocenters. The van der Waals surface area contributed by atoms with Gasteiger partial charge in [0, 0.05) is 29.0 Å². The number of aliphatic hydroxyl groups is 1. The first-order valence-corrected chi connectivity index (χ1v) is 8.13. The Labute approximate surface area is 129 Å². The number of carbonyl (C=O) groups excluding carboxylic acids is 1. The quantitative estimate of drug-likeness (QED) is 0.837. The van der Waals surface area contributed by atoms with E-state index in [1.54, 1.807) is 0 Å². The standard InChI is InChI=1S/C16H22BrNO2/c17-14-7-5-13(6-8-14)16(20)9-11-18-10-3-1-2-4-15(18)12-19/h5-8,15,19H,1-4,9-12H2. The summed E-state index contributed by atoms with van der Waals surface area (Å²) in [5.74, 6) is 0.179. The lowest BCUT2D eigenvalue weighted by atomic mass is 10.1. The van der Waals surface area contributed by atoms with Crippen LogP contribution in [0.4, 0.5) is 0 Å². The van der Waals surface area contributed by atoms with Crippen LogP contribution in [-0.4, -0.2) is 41.5 Å². The van der Waals surface area contributed by atoms with Gasteiger partial charge in [-0.05, 0) is 31.5 Å². The van der Waals surface area contributed by atoms with Crippen LogP contribution >= 0.6 is 15.9 Å². The summed E-state index contributed by atoms with van der Waals surface area (Å²) < 4.78 is 0.988. The predicted molar refractivity (Wildman–Crippen MR) is 84.0 cm³/mol. The Kier molecular flexibility index (Phi) is 6.20. The minimum atomic E-state index is 0.179. The van der Waals surface area contributed by atoms with Crippen molar-refractivity contribution in [2.24, 2.45) is 0 Å². The lowest BCUT2D eigenvalue weighted by molar-refractivity contribution is 0.0910. The van der Waals surface area contributed by atoms with Crippen LogP contribution < -0.4 is 0 Å². The van der Waals surface area contributed by atoms with Crippen molar-refractivity contribution in [1.29, 1.82) is 0 Å². The fraction of sp³-hybridized carbons (Fsp3) is 0.562. The monoisotopic (exact) mass is 339 g/mol. The summed E-state index contributed by atoms with van der Waals surface area (Å²) in [6.45, 7) is 1.95. The lowest BCUT2D eigenvalue weighted by Gasteiger charge is -2.28. The summed E-state index contributed by atoms with van der Waals surface area (Å²) in [5.41, 5.74) is 0.767. The number of likely N-dealkylation sites (tertiary alicyclic amines) is 1. The van der Waals surface area contributed by atoms with Gasteiger partial charge in [0.25, 0.3) is 0 Å². The van der Waals surface area contributed by atoms with Crippen LogP contribution in [0.25, 0.3) is 0 Å². The highest BCUT2D eigenvalue weighted by molar-refractivity contribution is 9.10.